The molecule has 0 aromatic carbocycles. The first-order valence-corrected chi connectivity index (χ1v) is 5.69. The van der Waals surface area contributed by atoms with Crippen LogP contribution in [0.25, 0.3) is 0 Å². The van der Waals surface area contributed by atoms with Crippen molar-refractivity contribution < 1.29 is 9.53 Å². The number of hydrogen-bond donors (Lipinski definition) is 2. The van der Waals surface area contributed by atoms with Crippen molar-refractivity contribution in [2.45, 2.75) is 20.0 Å². The first-order chi connectivity index (χ1) is 8.19. The second-order valence-corrected chi connectivity index (χ2v) is 3.69. The highest BCUT2D eigenvalue weighted by atomic mass is 16.5. The summed E-state index contributed by atoms with van der Waals surface area (Å²) in [7, 11) is 1.62. The third-order valence-corrected chi connectivity index (χ3v) is 2.35. The molecule has 0 aliphatic rings. The Morgan fingerprint density at radius 3 is 3.00 bits per heavy atom. The minimum Gasteiger partial charge on any atom is -0.380 e. The van der Waals surface area contributed by atoms with Gasteiger partial charge in [-0.25, -0.2) is 4.98 Å². The van der Waals surface area contributed by atoms with Crippen molar-refractivity contribution in [1.82, 2.24) is 10.3 Å². The second kappa shape index (κ2) is 6.85. The fourth-order valence-electron chi connectivity index (χ4n) is 1.31. The zero-order chi connectivity index (χ0) is 12.7. The van der Waals surface area contributed by atoms with Gasteiger partial charge in [0.15, 0.2) is 0 Å². The predicted octanol–water partition coefficient (Wildman–Crippen LogP) is 1.28. The Morgan fingerprint density at radius 2 is 2.35 bits per heavy atom. The van der Waals surface area contributed by atoms with E-state index < -0.39 is 0 Å². The summed E-state index contributed by atoms with van der Waals surface area (Å²) >= 11 is 0. The molecule has 1 aromatic heterocycles. The molecule has 17 heavy (non-hydrogen) atoms. The molecule has 1 heterocycles. The van der Waals surface area contributed by atoms with Crippen LogP contribution in [0.5, 0.6) is 0 Å². The Kier molecular flexibility index (Phi) is 5.42. The molecule has 0 bridgehead atoms. The van der Waals surface area contributed by atoms with Crippen LogP contribution in [-0.2, 0) is 4.74 Å². The van der Waals surface area contributed by atoms with Crippen LogP contribution < -0.4 is 10.6 Å². The molecule has 0 radical (unpaired) electrons. The van der Waals surface area contributed by atoms with Gasteiger partial charge >= 0.3 is 0 Å². The van der Waals surface area contributed by atoms with Gasteiger partial charge < -0.3 is 15.4 Å². The van der Waals surface area contributed by atoms with E-state index in [-0.39, 0.29) is 12.0 Å². The number of rotatable bonds is 6. The minimum atomic E-state index is -0.141. The lowest BCUT2D eigenvalue weighted by atomic mass is 10.2. The van der Waals surface area contributed by atoms with E-state index in [0.29, 0.717) is 17.9 Å². The third-order valence-electron chi connectivity index (χ3n) is 2.35. The monoisotopic (exact) mass is 237 g/mol. The summed E-state index contributed by atoms with van der Waals surface area (Å²) in [5, 5.41) is 5.86. The molecule has 2 N–H and O–H groups in total. The number of pyridine rings is 1. The molecular formula is C12H19N3O2. The Labute approximate surface area is 102 Å². The van der Waals surface area contributed by atoms with Gasteiger partial charge in [-0.15, -0.1) is 0 Å². The summed E-state index contributed by atoms with van der Waals surface area (Å²) in [5.41, 5.74) is 0.553. The smallest absolute Gasteiger partial charge is 0.255 e. The van der Waals surface area contributed by atoms with Gasteiger partial charge in [-0.3, -0.25) is 4.79 Å². The maximum atomic E-state index is 11.9. The van der Waals surface area contributed by atoms with Gasteiger partial charge in [-0.05, 0) is 26.0 Å². The van der Waals surface area contributed by atoms with Crippen LogP contribution in [0.1, 0.15) is 24.2 Å². The number of aromatic nitrogens is 1. The number of anilines is 1. The number of nitrogens with one attached hydrogen (secondary N) is 2. The summed E-state index contributed by atoms with van der Waals surface area (Å²) in [6.07, 6.45) is 1.66. The summed E-state index contributed by atoms with van der Waals surface area (Å²) in [6, 6.07) is 3.49. The standard InChI is InChI=1S/C12H19N3O2/c1-4-13-11-10(6-5-7-14-11)12(16)15-8-9(2)17-3/h5-7,9H,4,8H2,1-3H3,(H,13,14)(H,15,16). The zero-order valence-corrected chi connectivity index (χ0v) is 10.5. The van der Waals surface area contributed by atoms with Crippen LogP contribution >= 0.6 is 0 Å². The quantitative estimate of drug-likeness (QED) is 0.782. The van der Waals surface area contributed by atoms with Gasteiger partial charge in [-0.2, -0.15) is 0 Å². The zero-order valence-electron chi connectivity index (χ0n) is 10.5. The Bertz CT molecular complexity index is 369. The normalized spacial score (nSPS) is 11.9. The van der Waals surface area contributed by atoms with E-state index in [1.165, 1.54) is 0 Å². The average molecular weight is 237 g/mol. The molecule has 0 saturated carbocycles. The van der Waals surface area contributed by atoms with Crippen molar-refractivity contribution in [3.63, 3.8) is 0 Å². The summed E-state index contributed by atoms with van der Waals surface area (Å²) < 4.78 is 5.07. The average Bonchev–Trinajstić information content (AvgIpc) is 2.36. The second-order valence-electron chi connectivity index (χ2n) is 3.69. The van der Waals surface area contributed by atoms with Gasteiger partial charge in [0.25, 0.3) is 5.91 Å². The van der Waals surface area contributed by atoms with E-state index in [9.17, 15) is 4.79 Å². The largest absolute Gasteiger partial charge is 0.380 e. The number of amides is 1. The van der Waals surface area contributed by atoms with Gasteiger partial charge in [0.05, 0.1) is 11.7 Å². The predicted molar refractivity (Wildman–Crippen MR) is 67.2 cm³/mol. The van der Waals surface area contributed by atoms with Crippen molar-refractivity contribution in [3.05, 3.63) is 23.9 Å². The minimum absolute atomic E-state index is 0.00166. The van der Waals surface area contributed by atoms with E-state index in [0.717, 1.165) is 6.54 Å². The van der Waals surface area contributed by atoms with Crippen LogP contribution in [-0.4, -0.2) is 37.2 Å². The molecule has 1 atom stereocenters. The molecule has 0 fully saturated rings. The molecule has 94 valence electrons. The third kappa shape index (κ3) is 4.03. The number of ether oxygens (including phenoxy) is 1. The first-order valence-electron chi connectivity index (χ1n) is 5.69. The van der Waals surface area contributed by atoms with E-state index >= 15 is 0 Å². The molecule has 0 aliphatic carbocycles. The van der Waals surface area contributed by atoms with Crippen LogP contribution in [0, 0.1) is 0 Å². The molecular weight excluding hydrogens is 218 g/mol. The van der Waals surface area contributed by atoms with Crippen molar-refractivity contribution >= 4 is 11.7 Å². The SMILES string of the molecule is CCNc1ncccc1C(=O)NCC(C)OC. The van der Waals surface area contributed by atoms with Crippen LogP contribution in [0.3, 0.4) is 0 Å². The molecule has 1 aromatic rings. The number of carbonyl (C=O) groups is 1. The van der Waals surface area contributed by atoms with Crippen molar-refractivity contribution in [2.24, 2.45) is 0 Å². The maximum Gasteiger partial charge on any atom is 0.255 e. The van der Waals surface area contributed by atoms with Crippen molar-refractivity contribution in [3.8, 4) is 0 Å². The molecule has 5 heteroatoms. The lowest BCUT2D eigenvalue weighted by Gasteiger charge is -2.12. The fourth-order valence-corrected chi connectivity index (χ4v) is 1.31. The Balaban J connectivity index is 2.67. The van der Waals surface area contributed by atoms with Gasteiger partial charge in [0.1, 0.15) is 5.82 Å². The maximum absolute atomic E-state index is 11.9. The van der Waals surface area contributed by atoms with Crippen molar-refractivity contribution in [1.29, 1.82) is 0 Å². The molecule has 0 aliphatic heterocycles. The highest BCUT2D eigenvalue weighted by Crippen LogP contribution is 2.10. The highest BCUT2D eigenvalue weighted by molar-refractivity contribution is 5.98. The van der Waals surface area contributed by atoms with E-state index in [1.54, 1.807) is 25.4 Å². The Hall–Kier alpha value is -1.62. The van der Waals surface area contributed by atoms with Gasteiger partial charge in [0.2, 0.25) is 0 Å². The summed E-state index contributed by atoms with van der Waals surface area (Å²) in [5.74, 6) is 0.468. The van der Waals surface area contributed by atoms with E-state index in [2.05, 4.69) is 15.6 Å². The lowest BCUT2D eigenvalue weighted by Crippen LogP contribution is -2.32. The summed E-state index contributed by atoms with van der Waals surface area (Å²) in [6.45, 7) is 5.07. The van der Waals surface area contributed by atoms with Gasteiger partial charge in [-0.1, -0.05) is 0 Å². The molecule has 0 saturated heterocycles. The number of carbonyl (C=O) groups excluding carboxylic acids is 1. The molecule has 5 nitrogen and oxygen atoms in total. The number of hydrogen-bond acceptors (Lipinski definition) is 4. The molecule has 0 spiro atoms. The molecule has 1 amide bonds. The van der Waals surface area contributed by atoms with E-state index in [4.69, 9.17) is 4.74 Å². The van der Waals surface area contributed by atoms with Crippen LogP contribution in [0.4, 0.5) is 5.82 Å². The van der Waals surface area contributed by atoms with Gasteiger partial charge in [0, 0.05) is 26.4 Å². The lowest BCUT2D eigenvalue weighted by molar-refractivity contribution is 0.0871. The summed E-state index contributed by atoms with van der Waals surface area (Å²) in [4.78, 5) is 16.0. The van der Waals surface area contributed by atoms with Crippen LogP contribution in [0.2, 0.25) is 0 Å². The fraction of sp³-hybridized carbons (Fsp3) is 0.500. The molecule has 1 unspecified atom stereocenters. The molecule has 1 rings (SSSR count). The van der Waals surface area contributed by atoms with Crippen molar-refractivity contribution in [2.75, 3.05) is 25.5 Å². The topological polar surface area (TPSA) is 63.2 Å². The van der Waals surface area contributed by atoms with E-state index in [1.807, 2.05) is 13.8 Å². The Morgan fingerprint density at radius 1 is 1.59 bits per heavy atom. The van der Waals surface area contributed by atoms with Crippen LogP contribution in [0.15, 0.2) is 18.3 Å². The first kappa shape index (κ1) is 13.4. The highest BCUT2D eigenvalue weighted by Gasteiger charge is 2.12. The number of nitrogens with zero attached hydrogens (tertiary/aromatic N) is 1. The number of methoxy groups -OCH3 is 1.